The first kappa shape index (κ1) is 76.9. The van der Waals surface area contributed by atoms with E-state index in [-0.39, 0.29) is 18.8 Å². The Labute approximate surface area is 689 Å². The van der Waals surface area contributed by atoms with E-state index in [0.717, 1.165) is 89.8 Å². The molecule has 117 heavy (non-hydrogen) atoms. The first-order valence-corrected chi connectivity index (χ1v) is 39.8. The summed E-state index contributed by atoms with van der Waals surface area (Å²) in [6.07, 6.45) is 20.2. The number of hydrogen-bond acceptors (Lipinski definition) is 23. The van der Waals surface area contributed by atoms with E-state index in [1.54, 1.807) is 31.7 Å². The zero-order chi connectivity index (χ0) is 80.0. The molecule has 586 valence electrons. The van der Waals surface area contributed by atoms with Crippen LogP contribution in [0.15, 0.2) is 222 Å². The van der Waals surface area contributed by atoms with Crippen LogP contribution >= 0.6 is 31.9 Å². The number of nitrogens with zero attached hydrogens (tertiary/aromatic N) is 16. The fraction of sp³-hybridized carbons (Fsp3) is 0.200. The van der Waals surface area contributed by atoms with Gasteiger partial charge in [0.05, 0.1) is 31.3 Å². The number of H-pyrrole nitrogens is 5. The second-order valence-electron chi connectivity index (χ2n) is 28.3. The summed E-state index contributed by atoms with van der Waals surface area (Å²) in [5.41, 5.74) is 11.4. The van der Waals surface area contributed by atoms with E-state index in [1.807, 2.05) is 176 Å². The number of rotatable bonds is 22. The zero-order valence-electron chi connectivity index (χ0n) is 63.3. The lowest BCUT2D eigenvalue weighted by Gasteiger charge is -2.11. The van der Waals surface area contributed by atoms with Crippen molar-refractivity contribution in [1.29, 1.82) is 0 Å². The van der Waals surface area contributed by atoms with Crippen molar-refractivity contribution >= 4 is 107 Å². The molecule has 0 radical (unpaired) electrons. The Kier molecular flexibility index (Phi) is 23.6. The lowest BCUT2D eigenvalue weighted by molar-refractivity contribution is -0.384. The molecule has 0 spiro atoms. The van der Waals surface area contributed by atoms with Gasteiger partial charge in [-0.3, -0.25) is 40.4 Å². The molecular formula is C85H79Br2N27O3. The predicted octanol–water partition coefficient (Wildman–Crippen LogP) is 19.4. The smallest absolute Gasteiger partial charge is 0.322 e. The average Bonchev–Trinajstić information content (AvgIpc) is 1.72. The molecule has 0 bridgehead atoms. The van der Waals surface area contributed by atoms with Crippen molar-refractivity contribution in [3.63, 3.8) is 0 Å². The summed E-state index contributed by atoms with van der Waals surface area (Å²) in [4.78, 5) is 66.4. The Morgan fingerprint density at radius 1 is 0.419 bits per heavy atom. The van der Waals surface area contributed by atoms with Crippen LogP contribution in [-0.4, -0.2) is 112 Å². The van der Waals surface area contributed by atoms with Crippen LogP contribution in [0, 0.1) is 22.0 Å². The molecule has 0 aliphatic heterocycles. The van der Waals surface area contributed by atoms with Crippen LogP contribution in [-0.2, 0) is 4.79 Å². The summed E-state index contributed by atoms with van der Waals surface area (Å²) in [5, 5.41) is 66.6. The van der Waals surface area contributed by atoms with Gasteiger partial charge in [0.1, 0.15) is 23.5 Å². The minimum atomic E-state index is -0.508. The predicted molar refractivity (Wildman–Crippen MR) is 458 cm³/mol. The molecule has 0 atom stereocenters. The van der Waals surface area contributed by atoms with Gasteiger partial charge in [0.25, 0.3) is 0 Å². The van der Waals surface area contributed by atoms with Gasteiger partial charge in [0, 0.05) is 131 Å². The number of aromatic amines is 5. The fourth-order valence-corrected chi connectivity index (χ4v) is 13.2. The van der Waals surface area contributed by atoms with Crippen LogP contribution in [0.4, 0.5) is 69.6 Å². The summed E-state index contributed by atoms with van der Waals surface area (Å²) in [7, 11) is 0. The van der Waals surface area contributed by atoms with Crippen molar-refractivity contribution in [3.05, 3.63) is 266 Å². The van der Waals surface area contributed by atoms with Crippen LogP contribution in [0.5, 0.6) is 0 Å². The summed E-state index contributed by atoms with van der Waals surface area (Å²) < 4.78 is 1.80. The highest BCUT2D eigenvalue weighted by Crippen LogP contribution is 2.46. The van der Waals surface area contributed by atoms with Gasteiger partial charge in [-0.25, -0.2) is 49.8 Å². The third-order valence-corrected chi connectivity index (χ3v) is 20.5. The normalized spacial score (nSPS) is 13.7. The molecule has 20 rings (SSSR count). The summed E-state index contributed by atoms with van der Waals surface area (Å²) in [6.45, 7) is 3.25. The monoisotopic (exact) mass is 1680 g/mol. The molecule has 0 unspecified atom stereocenters. The quantitative estimate of drug-likeness (QED) is 0.0170. The van der Waals surface area contributed by atoms with Crippen molar-refractivity contribution < 1.29 is 11.1 Å². The van der Waals surface area contributed by atoms with E-state index in [0.29, 0.717) is 93.5 Å². The molecule has 5 aliphatic rings. The Morgan fingerprint density at radius 3 is 1.21 bits per heavy atom. The number of carbonyl (C=O) groups excluding carboxylic acids is 1. The van der Waals surface area contributed by atoms with Crippen molar-refractivity contribution in [2.45, 2.75) is 108 Å². The number of amides is 1. The maximum absolute atomic E-state index is 11.5. The van der Waals surface area contributed by atoms with Gasteiger partial charge in [0.2, 0.25) is 11.7 Å². The van der Waals surface area contributed by atoms with E-state index in [1.165, 1.54) is 81.6 Å². The molecule has 11 N–H and O–H groups in total. The van der Waals surface area contributed by atoms with Gasteiger partial charge in [-0.15, -0.1) is 5.92 Å². The molecule has 5 aromatic carbocycles. The van der Waals surface area contributed by atoms with Gasteiger partial charge >= 0.3 is 5.69 Å². The molecule has 32 heteroatoms. The van der Waals surface area contributed by atoms with Crippen molar-refractivity contribution in [2.24, 2.45) is 0 Å². The van der Waals surface area contributed by atoms with Crippen LogP contribution in [0.1, 0.15) is 143 Å². The summed E-state index contributed by atoms with van der Waals surface area (Å²) in [6, 6.07) is 58.5. The molecule has 5 fully saturated rings. The first-order chi connectivity index (χ1) is 57.3. The minimum Gasteiger partial charge on any atom is -0.322 e. The van der Waals surface area contributed by atoms with Crippen molar-refractivity contribution in [2.75, 3.05) is 31.9 Å². The van der Waals surface area contributed by atoms with Crippen LogP contribution in [0.25, 0.3) is 56.9 Å². The van der Waals surface area contributed by atoms with Gasteiger partial charge in [-0.05, 0) is 109 Å². The maximum atomic E-state index is 11.5. The fourth-order valence-electron chi connectivity index (χ4n) is 12.3. The van der Waals surface area contributed by atoms with Gasteiger partial charge < -0.3 is 31.9 Å². The molecule has 0 saturated heterocycles. The van der Waals surface area contributed by atoms with E-state index >= 15 is 0 Å². The number of benzene rings is 5. The Bertz CT molecular complexity index is 6000. The van der Waals surface area contributed by atoms with Crippen molar-refractivity contribution in [1.82, 2.24) is 101 Å². The van der Waals surface area contributed by atoms with Gasteiger partial charge in [-0.1, -0.05) is 158 Å². The largest absolute Gasteiger partial charge is 0.329 e. The van der Waals surface area contributed by atoms with Gasteiger partial charge in [0.15, 0.2) is 69.8 Å². The first-order valence-electron chi connectivity index (χ1n) is 38.2. The molecule has 30 nitrogen and oxygen atoms in total. The lowest BCUT2D eigenvalue weighted by atomic mass is 10.2. The average molecular weight is 1690 g/mol. The highest BCUT2D eigenvalue weighted by molar-refractivity contribution is 9.11. The number of hydrogen-bond donors (Lipinski definition) is 11. The highest BCUT2D eigenvalue weighted by Gasteiger charge is 2.31. The Balaban J connectivity index is 0.000000115. The number of carbonyl (C=O) groups is 1. The second-order valence-corrected chi connectivity index (χ2v) is 29.9. The van der Waals surface area contributed by atoms with Crippen molar-refractivity contribution in [3.8, 4) is 68.8 Å². The molecule has 1 amide bonds. The minimum absolute atomic E-state index is 0. The van der Waals surface area contributed by atoms with Crippen LogP contribution in [0.2, 0.25) is 0 Å². The third-order valence-electron chi connectivity index (χ3n) is 19.1. The Hall–Kier alpha value is -14.1. The van der Waals surface area contributed by atoms with E-state index in [2.05, 4.69) is 182 Å². The molecule has 10 aromatic heterocycles. The number of aromatic nitrogens is 20. The maximum Gasteiger partial charge on any atom is 0.329 e. The van der Waals surface area contributed by atoms with Gasteiger partial charge in [-0.2, -0.15) is 25.5 Å². The topological polar surface area (TPSA) is 405 Å². The van der Waals surface area contributed by atoms with Crippen LogP contribution in [0.3, 0.4) is 0 Å². The molecule has 5 saturated carbocycles. The van der Waals surface area contributed by atoms with E-state index < -0.39 is 4.92 Å². The third kappa shape index (κ3) is 20.5. The van der Waals surface area contributed by atoms with E-state index in [4.69, 9.17) is 0 Å². The number of halogens is 2. The lowest BCUT2D eigenvalue weighted by Crippen LogP contribution is -2.10. The molecule has 10 heterocycles. The summed E-state index contributed by atoms with van der Waals surface area (Å²) >= 11 is 7.10. The molecule has 5 aliphatic carbocycles. The zero-order valence-corrected chi connectivity index (χ0v) is 66.5. The highest BCUT2D eigenvalue weighted by atomic mass is 79.9. The SMILES string of the molecule is Brc1c(Nc2ccnc(-c3ccccc3)n2)n[nH]c1C1CC1.Brc1cnc(-c2ccccc2)nc1Nc1cc(C2CC2)[nH]n1.CC#Cc1cnc(-c2ccccc2)nc1Nc1cc(C2CC2)[nH]n1.CC(=O)Nc1cnc(-c2ccccc2)nc1Nc1cc(C2CC2)[nH]n1.O=[N+]([O-])c1cnc(-c2ccccc2)nc1Nc1cc(C2CC2)[nH]n1.[HH]. The van der Waals surface area contributed by atoms with E-state index in [9.17, 15) is 14.9 Å². The number of nitro groups is 1. The Morgan fingerprint density at radius 2 is 0.786 bits per heavy atom. The number of anilines is 11. The summed E-state index contributed by atoms with van der Waals surface area (Å²) in [5.74, 6) is 18.0. The standard InChI is InChI=1S/C19H17N5.C18H18N6O.2C16H14BrN5.C16H14N6O2.H2/c1-2-6-15-12-20-18(14-7-4-3-5-8-14)22-19(15)21-17-11-16(23-24-17)13-9-10-13;1-11(25)20-15-10-19-17(13-5-3-2-4-6-13)22-18(15)21-16-9-14(23-24-16)12-7-8-12;17-12-9-18-15(11-4-2-1-3-5-11)20-16(12)19-14-8-13(21-22-14)10-6-7-10;17-13-14(10-6-7-10)21-22-16(13)20-12-8-9-18-15(19-12)11-4-2-1-3-5-11;23-22(24)13-9-17-15(11-4-2-1-3-5-11)19-16(13)18-14-8-12(20-21-14)10-6-7-10;/h3-5,7-8,11-13H,9-10H2,1H3,(H2,20,21,22,23,24);2-6,9-10,12H,7-8H2,1H3,(H,20,25)(H2,19,21,22,23,24);2*1-5,8-10H,6-7H2,(H2,18,19,20,21,22);1-5,8-10H,6-7H2,(H2,17,18,19,20,21);1H. The molecule has 15 aromatic rings. The van der Waals surface area contributed by atoms with Crippen LogP contribution < -0.4 is 31.9 Å². The second kappa shape index (κ2) is 36.0. The number of nitrogens with one attached hydrogen (secondary N) is 11. The molecular weight excluding hydrogens is 1610 g/mol.